The number of methoxy groups -OCH3 is 1. The molecule has 1 amide bonds. The Morgan fingerprint density at radius 2 is 2.12 bits per heavy atom. The second-order valence-electron chi connectivity index (χ2n) is 7.07. The Hall–Kier alpha value is -1.59. The lowest BCUT2D eigenvalue weighted by molar-refractivity contribution is -0.114. The first-order chi connectivity index (χ1) is 12.0. The number of carbonyl (C=O) groups is 1. The van der Waals surface area contributed by atoms with E-state index >= 15 is 0 Å². The number of anilines is 1. The third kappa shape index (κ3) is 6.01. The first kappa shape index (κ1) is 19.7. The Bertz CT molecular complexity index is 562. The van der Waals surface area contributed by atoms with Crippen LogP contribution < -0.4 is 15.4 Å². The molecule has 5 heteroatoms. The number of carbonyl (C=O) groups excluding carboxylic acids is 1. The average Bonchev–Trinajstić information content (AvgIpc) is 2.59. The molecule has 25 heavy (non-hydrogen) atoms. The fraction of sp³-hybridized carbons (Fsp3) is 0.650. The minimum absolute atomic E-state index is 0.104. The number of benzene rings is 1. The molecular formula is C20H32N2O3. The largest absolute Gasteiger partial charge is 0.495 e. The van der Waals surface area contributed by atoms with E-state index in [-0.39, 0.29) is 18.1 Å². The Morgan fingerprint density at radius 1 is 1.36 bits per heavy atom. The Morgan fingerprint density at radius 3 is 2.80 bits per heavy atom. The highest BCUT2D eigenvalue weighted by Crippen LogP contribution is 2.29. The number of amides is 1. The molecule has 3 unspecified atom stereocenters. The number of nitrogens with one attached hydrogen (secondary N) is 2. The number of aliphatic hydroxyl groups excluding tert-OH is 1. The van der Waals surface area contributed by atoms with Gasteiger partial charge in [0.25, 0.3) is 0 Å². The smallest absolute Gasteiger partial charge is 0.221 e. The number of hydrogen-bond donors (Lipinski definition) is 3. The molecule has 5 nitrogen and oxygen atoms in total. The van der Waals surface area contributed by atoms with Crippen molar-refractivity contribution in [3.63, 3.8) is 0 Å². The van der Waals surface area contributed by atoms with Crippen LogP contribution >= 0.6 is 0 Å². The van der Waals surface area contributed by atoms with Crippen LogP contribution in [-0.2, 0) is 4.79 Å². The summed E-state index contributed by atoms with van der Waals surface area (Å²) < 4.78 is 5.30. The first-order valence-electron chi connectivity index (χ1n) is 9.38. The Labute approximate surface area is 151 Å². The van der Waals surface area contributed by atoms with Crippen LogP contribution in [0.1, 0.15) is 64.0 Å². The fourth-order valence-corrected chi connectivity index (χ4v) is 3.61. The van der Waals surface area contributed by atoms with Gasteiger partial charge in [0.1, 0.15) is 5.75 Å². The molecule has 0 saturated heterocycles. The van der Waals surface area contributed by atoms with Gasteiger partial charge in [0.15, 0.2) is 0 Å². The van der Waals surface area contributed by atoms with Gasteiger partial charge in [0, 0.05) is 13.0 Å². The maximum Gasteiger partial charge on any atom is 0.221 e. The van der Waals surface area contributed by atoms with E-state index in [1.54, 1.807) is 7.11 Å². The monoisotopic (exact) mass is 348 g/mol. The minimum atomic E-state index is -0.109. The summed E-state index contributed by atoms with van der Waals surface area (Å²) in [5.41, 5.74) is 1.81. The average molecular weight is 348 g/mol. The maximum absolute atomic E-state index is 11.3. The molecule has 0 bridgehead atoms. The molecule has 3 atom stereocenters. The van der Waals surface area contributed by atoms with Crippen molar-refractivity contribution < 1.29 is 14.6 Å². The van der Waals surface area contributed by atoms with Crippen molar-refractivity contribution in [3.8, 4) is 5.75 Å². The van der Waals surface area contributed by atoms with Crippen molar-refractivity contribution in [2.24, 2.45) is 5.92 Å². The zero-order valence-corrected chi connectivity index (χ0v) is 15.7. The minimum Gasteiger partial charge on any atom is -0.495 e. The van der Waals surface area contributed by atoms with Gasteiger partial charge < -0.3 is 20.5 Å². The van der Waals surface area contributed by atoms with Crippen molar-refractivity contribution >= 4 is 11.6 Å². The third-order valence-corrected chi connectivity index (χ3v) is 5.11. The summed E-state index contributed by atoms with van der Waals surface area (Å²) in [6.07, 6.45) is 6.60. The maximum atomic E-state index is 11.3. The molecule has 1 aromatic carbocycles. The van der Waals surface area contributed by atoms with Crippen LogP contribution in [0.15, 0.2) is 18.2 Å². The van der Waals surface area contributed by atoms with E-state index in [9.17, 15) is 9.90 Å². The topological polar surface area (TPSA) is 70.6 Å². The third-order valence-electron chi connectivity index (χ3n) is 5.11. The van der Waals surface area contributed by atoms with Crippen molar-refractivity contribution in [2.45, 2.75) is 64.5 Å². The summed E-state index contributed by atoms with van der Waals surface area (Å²) >= 11 is 0. The van der Waals surface area contributed by atoms with Gasteiger partial charge in [-0.25, -0.2) is 0 Å². The van der Waals surface area contributed by atoms with Crippen LogP contribution in [0.2, 0.25) is 0 Å². The molecule has 1 fully saturated rings. The van der Waals surface area contributed by atoms with Crippen LogP contribution in [0.3, 0.4) is 0 Å². The normalized spacial score (nSPS) is 21.6. The van der Waals surface area contributed by atoms with Crippen LogP contribution in [0.25, 0.3) is 0 Å². The van der Waals surface area contributed by atoms with Crippen LogP contribution in [-0.4, -0.2) is 30.8 Å². The molecule has 1 aromatic rings. The van der Waals surface area contributed by atoms with Crippen LogP contribution in [0, 0.1) is 5.92 Å². The molecule has 0 spiro atoms. The molecule has 0 aromatic heterocycles. The molecule has 2 rings (SSSR count). The van der Waals surface area contributed by atoms with Crippen LogP contribution in [0.5, 0.6) is 5.75 Å². The van der Waals surface area contributed by atoms with E-state index in [1.165, 1.54) is 19.8 Å². The number of aliphatic hydroxyl groups is 1. The van der Waals surface area contributed by atoms with Crippen molar-refractivity contribution in [1.29, 1.82) is 0 Å². The Balaban J connectivity index is 1.83. The van der Waals surface area contributed by atoms with E-state index in [0.29, 0.717) is 17.4 Å². The van der Waals surface area contributed by atoms with E-state index in [1.807, 2.05) is 18.2 Å². The fourth-order valence-electron chi connectivity index (χ4n) is 3.61. The lowest BCUT2D eigenvalue weighted by Gasteiger charge is -2.27. The highest BCUT2D eigenvalue weighted by atomic mass is 16.5. The summed E-state index contributed by atoms with van der Waals surface area (Å²) in [5, 5.41) is 16.4. The molecule has 3 N–H and O–H groups in total. The number of ether oxygens (including phenoxy) is 1. The van der Waals surface area contributed by atoms with Crippen molar-refractivity contribution in [2.75, 3.05) is 19.0 Å². The molecule has 1 aliphatic carbocycles. The SMILES string of the molecule is COc1ccc(C(C)NCCCC2CCCCC2O)cc1NC(C)=O. The highest BCUT2D eigenvalue weighted by molar-refractivity contribution is 5.90. The van der Waals surface area contributed by atoms with E-state index < -0.39 is 0 Å². The zero-order valence-electron chi connectivity index (χ0n) is 15.7. The molecule has 1 aliphatic rings. The predicted molar refractivity (Wildman–Crippen MR) is 101 cm³/mol. The van der Waals surface area contributed by atoms with Gasteiger partial charge >= 0.3 is 0 Å². The standard InChI is InChI=1S/C20H32N2O3/c1-14(21-12-6-8-16-7-4-5-9-19(16)24)17-10-11-20(25-3)18(13-17)22-15(2)23/h10-11,13-14,16,19,21,24H,4-9,12H2,1-3H3,(H,22,23). The van der Waals surface area contributed by atoms with Gasteiger partial charge in [-0.2, -0.15) is 0 Å². The van der Waals surface area contributed by atoms with Crippen LogP contribution in [0.4, 0.5) is 5.69 Å². The van der Waals surface area contributed by atoms with Crippen molar-refractivity contribution in [1.82, 2.24) is 5.32 Å². The zero-order chi connectivity index (χ0) is 18.2. The number of hydrogen-bond acceptors (Lipinski definition) is 4. The van der Waals surface area contributed by atoms with Gasteiger partial charge in [0.2, 0.25) is 5.91 Å². The van der Waals surface area contributed by atoms with E-state index in [4.69, 9.17) is 4.74 Å². The summed E-state index contributed by atoms with van der Waals surface area (Å²) in [6.45, 7) is 4.54. The summed E-state index contributed by atoms with van der Waals surface area (Å²) in [4.78, 5) is 11.3. The lowest BCUT2D eigenvalue weighted by Crippen LogP contribution is -2.26. The predicted octanol–water partition coefficient (Wildman–Crippen LogP) is 3.64. The summed E-state index contributed by atoms with van der Waals surface area (Å²) in [7, 11) is 1.60. The van der Waals surface area contributed by atoms with Gasteiger partial charge in [-0.1, -0.05) is 18.9 Å². The lowest BCUT2D eigenvalue weighted by atomic mass is 9.83. The van der Waals surface area contributed by atoms with Gasteiger partial charge in [-0.3, -0.25) is 4.79 Å². The summed E-state index contributed by atoms with van der Waals surface area (Å²) in [5.74, 6) is 1.03. The molecule has 0 aliphatic heterocycles. The van der Waals surface area contributed by atoms with Gasteiger partial charge in [0.05, 0.1) is 18.9 Å². The van der Waals surface area contributed by atoms with Gasteiger partial charge in [-0.05, 0) is 62.8 Å². The number of rotatable bonds is 8. The van der Waals surface area contributed by atoms with E-state index in [0.717, 1.165) is 37.8 Å². The Kier molecular flexibility index (Phi) is 7.72. The van der Waals surface area contributed by atoms with Gasteiger partial charge in [-0.15, -0.1) is 0 Å². The molecule has 1 saturated carbocycles. The summed E-state index contributed by atoms with van der Waals surface area (Å²) in [6, 6.07) is 6.06. The first-order valence-corrected chi connectivity index (χ1v) is 9.38. The second kappa shape index (κ2) is 9.78. The quantitative estimate of drug-likeness (QED) is 0.627. The van der Waals surface area contributed by atoms with E-state index in [2.05, 4.69) is 17.6 Å². The van der Waals surface area contributed by atoms with Crippen molar-refractivity contribution in [3.05, 3.63) is 23.8 Å². The second-order valence-corrected chi connectivity index (χ2v) is 7.07. The molecule has 0 radical (unpaired) electrons. The molecule has 0 heterocycles. The molecular weight excluding hydrogens is 316 g/mol. The molecule has 140 valence electrons. The highest BCUT2D eigenvalue weighted by Gasteiger charge is 2.22.